The number of hydrogen-bond acceptors (Lipinski definition) is 5. The third kappa shape index (κ3) is 4.20. The standard InChI is InChI=1S/C22H20F4N4OS/c1-11-7-12(27)10-30(9-11)22-17(8-28-32-22)29-21(31)13-5-6-16(25)19(20(13)26)18-14(23)3-2-4-15(18)24/h2-6,8,11-12H,7,9-10,27H2,1H3,(H,29,31)/t11-,12+/m1/s1. The van der Waals surface area contributed by atoms with Gasteiger partial charge in [-0.2, -0.15) is 4.37 Å². The molecule has 1 amide bonds. The lowest BCUT2D eigenvalue weighted by atomic mass is 9.97. The molecule has 32 heavy (non-hydrogen) atoms. The highest BCUT2D eigenvalue weighted by molar-refractivity contribution is 7.11. The molecule has 1 aliphatic heterocycles. The minimum absolute atomic E-state index is 0.0304. The molecule has 1 aromatic heterocycles. The number of rotatable bonds is 4. The fourth-order valence-electron chi connectivity index (χ4n) is 4.00. The van der Waals surface area contributed by atoms with Crippen molar-refractivity contribution in [2.75, 3.05) is 23.3 Å². The largest absolute Gasteiger partial charge is 0.359 e. The summed E-state index contributed by atoms with van der Waals surface area (Å²) in [5.41, 5.74) is 4.10. The summed E-state index contributed by atoms with van der Waals surface area (Å²) >= 11 is 1.16. The second kappa shape index (κ2) is 8.87. The second-order valence-electron chi connectivity index (χ2n) is 7.89. The monoisotopic (exact) mass is 464 g/mol. The molecule has 0 aliphatic carbocycles. The van der Waals surface area contributed by atoms with Crippen molar-refractivity contribution < 1.29 is 22.4 Å². The maximum Gasteiger partial charge on any atom is 0.258 e. The van der Waals surface area contributed by atoms with Crippen molar-refractivity contribution in [3.8, 4) is 11.1 Å². The van der Waals surface area contributed by atoms with Crippen LogP contribution in [0.3, 0.4) is 0 Å². The Bertz CT molecular complexity index is 1140. The number of benzene rings is 2. The lowest BCUT2D eigenvalue weighted by molar-refractivity contribution is 0.102. The zero-order valence-electron chi connectivity index (χ0n) is 17.0. The van der Waals surface area contributed by atoms with Crippen LogP contribution in [0.4, 0.5) is 28.3 Å². The number of piperidine rings is 1. The molecule has 0 radical (unpaired) electrons. The van der Waals surface area contributed by atoms with Gasteiger partial charge < -0.3 is 16.0 Å². The van der Waals surface area contributed by atoms with Crippen LogP contribution in [-0.4, -0.2) is 29.4 Å². The summed E-state index contributed by atoms with van der Waals surface area (Å²) in [6.45, 7) is 3.37. The van der Waals surface area contributed by atoms with Gasteiger partial charge in [0.2, 0.25) is 0 Å². The van der Waals surface area contributed by atoms with Gasteiger partial charge in [0.25, 0.3) is 5.91 Å². The van der Waals surface area contributed by atoms with Gasteiger partial charge in [0.1, 0.15) is 28.3 Å². The number of nitrogens with one attached hydrogen (secondary N) is 1. The molecule has 0 bridgehead atoms. The van der Waals surface area contributed by atoms with Gasteiger partial charge in [0.05, 0.1) is 28.6 Å². The Morgan fingerprint density at radius 2 is 1.78 bits per heavy atom. The number of amides is 1. The molecular formula is C22H20F4N4OS. The maximum atomic E-state index is 15.1. The Hall–Kier alpha value is -2.98. The highest BCUT2D eigenvalue weighted by Gasteiger charge is 2.28. The summed E-state index contributed by atoms with van der Waals surface area (Å²) in [5, 5.41) is 3.25. The Kier molecular flexibility index (Phi) is 6.16. The van der Waals surface area contributed by atoms with E-state index in [4.69, 9.17) is 5.73 Å². The Labute approximate surface area is 186 Å². The minimum atomic E-state index is -1.36. The molecule has 0 spiro atoms. The quantitative estimate of drug-likeness (QED) is 0.545. The van der Waals surface area contributed by atoms with E-state index in [-0.39, 0.29) is 6.04 Å². The third-order valence-electron chi connectivity index (χ3n) is 5.33. The van der Waals surface area contributed by atoms with E-state index in [9.17, 15) is 18.0 Å². The smallest absolute Gasteiger partial charge is 0.258 e. The average molecular weight is 464 g/mol. The first-order valence-electron chi connectivity index (χ1n) is 9.95. The van der Waals surface area contributed by atoms with Crippen LogP contribution in [0.1, 0.15) is 23.7 Å². The second-order valence-corrected chi connectivity index (χ2v) is 8.67. The number of hydrogen-bond donors (Lipinski definition) is 2. The Balaban J connectivity index is 1.66. The zero-order valence-corrected chi connectivity index (χ0v) is 17.9. The summed E-state index contributed by atoms with van der Waals surface area (Å²) in [4.78, 5) is 14.8. The van der Waals surface area contributed by atoms with Crippen molar-refractivity contribution in [3.05, 3.63) is 65.4 Å². The van der Waals surface area contributed by atoms with Crippen molar-refractivity contribution in [3.63, 3.8) is 0 Å². The summed E-state index contributed by atoms with van der Waals surface area (Å²) in [7, 11) is 0. The van der Waals surface area contributed by atoms with E-state index in [1.807, 2.05) is 4.90 Å². The van der Waals surface area contributed by atoms with Gasteiger partial charge in [0, 0.05) is 19.1 Å². The van der Waals surface area contributed by atoms with Crippen LogP contribution in [0, 0.1) is 29.2 Å². The molecule has 0 saturated carbocycles. The molecule has 3 aromatic rings. The first-order valence-corrected chi connectivity index (χ1v) is 10.7. The summed E-state index contributed by atoms with van der Waals surface area (Å²) in [5.74, 6) is -5.36. The van der Waals surface area contributed by atoms with Gasteiger partial charge in [-0.05, 0) is 48.1 Å². The average Bonchev–Trinajstić information content (AvgIpc) is 3.17. The van der Waals surface area contributed by atoms with Crippen molar-refractivity contribution in [2.45, 2.75) is 19.4 Å². The highest BCUT2D eigenvalue weighted by Crippen LogP contribution is 2.35. The topological polar surface area (TPSA) is 71.2 Å². The van der Waals surface area contributed by atoms with Crippen LogP contribution >= 0.6 is 11.5 Å². The molecule has 2 atom stereocenters. The fourth-order valence-corrected chi connectivity index (χ4v) is 4.72. The van der Waals surface area contributed by atoms with Gasteiger partial charge in [0.15, 0.2) is 0 Å². The van der Waals surface area contributed by atoms with Gasteiger partial charge in [-0.25, -0.2) is 17.6 Å². The number of nitrogens with zero attached hydrogens (tertiary/aromatic N) is 2. The number of nitrogens with two attached hydrogens (primary N) is 1. The first-order chi connectivity index (χ1) is 15.3. The van der Waals surface area contributed by atoms with Crippen molar-refractivity contribution in [1.29, 1.82) is 0 Å². The molecule has 2 heterocycles. The van der Waals surface area contributed by atoms with Crippen LogP contribution in [0.15, 0.2) is 36.5 Å². The molecule has 0 unspecified atom stereocenters. The summed E-state index contributed by atoms with van der Waals surface area (Å²) in [6, 6.07) is 4.56. The lowest BCUT2D eigenvalue weighted by Crippen LogP contribution is -2.46. The predicted octanol–water partition coefficient (Wildman–Crippen LogP) is 4.79. The number of carbonyl (C=O) groups excluding carboxylic acids is 1. The van der Waals surface area contributed by atoms with E-state index < -0.39 is 45.9 Å². The molecule has 10 heteroatoms. The number of carbonyl (C=O) groups is 1. The van der Waals surface area contributed by atoms with Crippen LogP contribution in [-0.2, 0) is 0 Å². The van der Waals surface area contributed by atoms with E-state index in [0.29, 0.717) is 23.2 Å². The van der Waals surface area contributed by atoms with E-state index in [0.717, 1.165) is 54.8 Å². The molecule has 1 saturated heterocycles. The minimum Gasteiger partial charge on any atom is -0.359 e. The van der Waals surface area contributed by atoms with Crippen LogP contribution in [0.5, 0.6) is 0 Å². The molecule has 3 N–H and O–H groups in total. The molecule has 4 rings (SSSR count). The van der Waals surface area contributed by atoms with E-state index in [2.05, 4.69) is 16.6 Å². The van der Waals surface area contributed by atoms with Crippen molar-refractivity contribution in [2.24, 2.45) is 11.7 Å². The van der Waals surface area contributed by atoms with Gasteiger partial charge in [-0.3, -0.25) is 4.79 Å². The van der Waals surface area contributed by atoms with Crippen LogP contribution in [0.2, 0.25) is 0 Å². The van der Waals surface area contributed by atoms with E-state index >= 15 is 4.39 Å². The Morgan fingerprint density at radius 1 is 1.09 bits per heavy atom. The molecule has 2 aromatic carbocycles. The van der Waals surface area contributed by atoms with Gasteiger partial charge in [-0.15, -0.1) is 0 Å². The molecule has 1 aliphatic rings. The SMILES string of the molecule is C[C@@H]1C[C@H](N)CN(c2sncc2NC(=O)c2ccc(F)c(-c3c(F)cccc3F)c2F)C1. The lowest BCUT2D eigenvalue weighted by Gasteiger charge is -2.35. The molecule has 168 valence electrons. The van der Waals surface area contributed by atoms with E-state index in [1.165, 1.54) is 6.20 Å². The number of aromatic nitrogens is 1. The Morgan fingerprint density at radius 3 is 2.47 bits per heavy atom. The van der Waals surface area contributed by atoms with E-state index in [1.54, 1.807) is 0 Å². The first kappa shape index (κ1) is 22.2. The molecule has 5 nitrogen and oxygen atoms in total. The van der Waals surface area contributed by atoms with Crippen molar-refractivity contribution in [1.82, 2.24) is 4.37 Å². The summed E-state index contributed by atoms with van der Waals surface area (Å²) in [6.07, 6.45) is 2.31. The zero-order chi connectivity index (χ0) is 23.0. The van der Waals surface area contributed by atoms with Crippen molar-refractivity contribution >= 4 is 28.1 Å². The molecular weight excluding hydrogens is 444 g/mol. The molecule has 1 fully saturated rings. The van der Waals surface area contributed by atoms with Gasteiger partial charge in [-0.1, -0.05) is 13.0 Å². The van der Waals surface area contributed by atoms with Gasteiger partial charge >= 0.3 is 0 Å². The fraction of sp³-hybridized carbons (Fsp3) is 0.273. The maximum absolute atomic E-state index is 15.1. The normalized spacial score (nSPS) is 18.6. The predicted molar refractivity (Wildman–Crippen MR) is 116 cm³/mol. The number of anilines is 2. The van der Waals surface area contributed by atoms with Crippen LogP contribution < -0.4 is 16.0 Å². The van der Waals surface area contributed by atoms with Crippen LogP contribution in [0.25, 0.3) is 11.1 Å². The highest BCUT2D eigenvalue weighted by atomic mass is 32.1. The number of halogens is 4. The summed E-state index contributed by atoms with van der Waals surface area (Å²) < 4.78 is 61.9. The third-order valence-corrected chi connectivity index (χ3v) is 6.19.